The number of carbonyl (C=O) groups is 1. The van der Waals surface area contributed by atoms with E-state index >= 15 is 0 Å². The third kappa shape index (κ3) is 2.74. The molecule has 4 bridgehead atoms. The molecule has 4 saturated carbocycles. The average Bonchev–Trinajstić information content (AvgIpc) is 2.22. The van der Waals surface area contributed by atoms with Crippen LogP contribution in [0.15, 0.2) is 0 Å². The second-order valence-corrected chi connectivity index (χ2v) is 8.69. The van der Waals surface area contributed by atoms with Gasteiger partial charge in [0.05, 0.1) is 0 Å². The SMILES string of the molecule is CC12CC3CC(C)(C1)CC(NCCCCC(=O)O)(C3)C2. The van der Waals surface area contributed by atoms with E-state index in [0.717, 1.165) is 25.3 Å². The Kier molecular flexibility index (Phi) is 3.39. The van der Waals surface area contributed by atoms with Gasteiger partial charge in [-0.15, -0.1) is 0 Å². The molecule has 0 amide bonds. The molecule has 0 heterocycles. The average molecular weight is 279 g/mol. The van der Waals surface area contributed by atoms with Gasteiger partial charge in [-0.1, -0.05) is 13.8 Å². The highest BCUT2D eigenvalue weighted by Gasteiger charge is 2.59. The second-order valence-electron chi connectivity index (χ2n) is 8.69. The first-order chi connectivity index (χ1) is 9.32. The highest BCUT2D eigenvalue weighted by molar-refractivity contribution is 5.66. The van der Waals surface area contributed by atoms with E-state index in [1.165, 1.54) is 38.5 Å². The van der Waals surface area contributed by atoms with E-state index in [-0.39, 0.29) is 0 Å². The zero-order valence-corrected chi connectivity index (χ0v) is 13.0. The Balaban J connectivity index is 1.57. The maximum Gasteiger partial charge on any atom is 0.303 e. The highest BCUT2D eigenvalue weighted by atomic mass is 16.4. The molecule has 2 atom stereocenters. The van der Waals surface area contributed by atoms with Gasteiger partial charge >= 0.3 is 5.97 Å². The molecular weight excluding hydrogens is 250 g/mol. The third-order valence-corrected chi connectivity index (χ3v) is 5.94. The quantitative estimate of drug-likeness (QED) is 0.731. The summed E-state index contributed by atoms with van der Waals surface area (Å²) < 4.78 is 0. The normalized spacial score (nSPS) is 45.8. The zero-order chi connectivity index (χ0) is 14.4. The van der Waals surface area contributed by atoms with Crippen molar-refractivity contribution in [3.8, 4) is 0 Å². The largest absolute Gasteiger partial charge is 0.481 e. The summed E-state index contributed by atoms with van der Waals surface area (Å²) in [5.74, 6) is 0.257. The Morgan fingerprint density at radius 1 is 1.10 bits per heavy atom. The van der Waals surface area contributed by atoms with Gasteiger partial charge in [0.2, 0.25) is 0 Å². The van der Waals surface area contributed by atoms with Gasteiger partial charge < -0.3 is 10.4 Å². The topological polar surface area (TPSA) is 49.3 Å². The van der Waals surface area contributed by atoms with Gasteiger partial charge in [0.15, 0.2) is 0 Å². The van der Waals surface area contributed by atoms with Crippen LogP contribution in [0.3, 0.4) is 0 Å². The molecule has 0 aromatic rings. The second kappa shape index (κ2) is 4.72. The van der Waals surface area contributed by atoms with Crippen molar-refractivity contribution in [2.75, 3.05) is 6.54 Å². The van der Waals surface area contributed by atoms with Crippen LogP contribution >= 0.6 is 0 Å². The van der Waals surface area contributed by atoms with E-state index in [2.05, 4.69) is 19.2 Å². The number of carboxylic acids is 1. The van der Waals surface area contributed by atoms with Crippen LogP contribution in [-0.4, -0.2) is 23.2 Å². The van der Waals surface area contributed by atoms with Gasteiger partial charge in [-0.25, -0.2) is 0 Å². The molecule has 0 spiro atoms. The molecule has 0 saturated heterocycles. The van der Waals surface area contributed by atoms with Crippen molar-refractivity contribution in [2.24, 2.45) is 16.7 Å². The minimum Gasteiger partial charge on any atom is -0.481 e. The fourth-order valence-corrected chi connectivity index (χ4v) is 6.40. The Labute approximate surface area is 122 Å². The Hall–Kier alpha value is -0.570. The molecule has 0 radical (unpaired) electrons. The van der Waals surface area contributed by atoms with E-state index in [4.69, 9.17) is 5.11 Å². The first-order valence-corrected chi connectivity index (χ1v) is 8.29. The van der Waals surface area contributed by atoms with Crippen molar-refractivity contribution in [2.45, 2.75) is 77.2 Å². The summed E-state index contributed by atoms with van der Waals surface area (Å²) in [4.78, 5) is 10.5. The van der Waals surface area contributed by atoms with Crippen molar-refractivity contribution in [3.05, 3.63) is 0 Å². The molecule has 2 unspecified atom stereocenters. The fraction of sp³-hybridized carbons (Fsp3) is 0.941. The van der Waals surface area contributed by atoms with E-state index in [1.807, 2.05) is 0 Å². The molecule has 3 nitrogen and oxygen atoms in total. The molecule has 4 aliphatic carbocycles. The van der Waals surface area contributed by atoms with Crippen molar-refractivity contribution in [3.63, 3.8) is 0 Å². The number of nitrogens with one attached hydrogen (secondary N) is 1. The summed E-state index contributed by atoms with van der Waals surface area (Å²) in [5.41, 5.74) is 1.48. The lowest BCUT2D eigenvalue weighted by molar-refractivity contribution is -0.137. The predicted octanol–water partition coefficient (Wildman–Crippen LogP) is 3.58. The van der Waals surface area contributed by atoms with E-state index in [9.17, 15) is 4.79 Å². The van der Waals surface area contributed by atoms with Gasteiger partial charge in [0.1, 0.15) is 0 Å². The van der Waals surface area contributed by atoms with Crippen molar-refractivity contribution < 1.29 is 9.90 Å². The third-order valence-electron chi connectivity index (χ3n) is 5.94. The first-order valence-electron chi connectivity index (χ1n) is 8.29. The zero-order valence-electron chi connectivity index (χ0n) is 13.0. The summed E-state index contributed by atoms with van der Waals surface area (Å²) >= 11 is 0. The summed E-state index contributed by atoms with van der Waals surface area (Å²) in [7, 11) is 0. The maximum atomic E-state index is 10.5. The molecule has 114 valence electrons. The number of rotatable bonds is 6. The summed E-state index contributed by atoms with van der Waals surface area (Å²) in [5, 5.41) is 12.5. The molecule has 20 heavy (non-hydrogen) atoms. The lowest BCUT2D eigenvalue weighted by Crippen LogP contribution is -2.64. The predicted molar refractivity (Wildman–Crippen MR) is 79.6 cm³/mol. The maximum absolute atomic E-state index is 10.5. The van der Waals surface area contributed by atoms with Crippen LogP contribution in [0.2, 0.25) is 0 Å². The smallest absolute Gasteiger partial charge is 0.303 e. The van der Waals surface area contributed by atoms with Crippen molar-refractivity contribution in [1.29, 1.82) is 0 Å². The number of unbranched alkanes of at least 4 members (excludes halogenated alkanes) is 1. The van der Waals surface area contributed by atoms with Crippen LogP contribution in [0, 0.1) is 16.7 Å². The number of hydrogen-bond acceptors (Lipinski definition) is 2. The van der Waals surface area contributed by atoms with Crippen LogP contribution in [0.1, 0.15) is 71.6 Å². The molecule has 4 fully saturated rings. The van der Waals surface area contributed by atoms with Gasteiger partial charge in [0, 0.05) is 12.0 Å². The molecule has 4 rings (SSSR count). The van der Waals surface area contributed by atoms with Gasteiger partial charge in [-0.3, -0.25) is 4.79 Å². The molecule has 0 aromatic carbocycles. The molecule has 0 aliphatic heterocycles. The van der Waals surface area contributed by atoms with Gasteiger partial charge in [-0.05, 0) is 74.7 Å². The van der Waals surface area contributed by atoms with Crippen molar-refractivity contribution in [1.82, 2.24) is 5.32 Å². The van der Waals surface area contributed by atoms with Crippen molar-refractivity contribution >= 4 is 5.97 Å². The van der Waals surface area contributed by atoms with Crippen LogP contribution in [0.25, 0.3) is 0 Å². The van der Waals surface area contributed by atoms with Crippen LogP contribution in [0.5, 0.6) is 0 Å². The van der Waals surface area contributed by atoms with Crippen LogP contribution in [-0.2, 0) is 4.79 Å². The molecule has 0 aromatic heterocycles. The molecular formula is C17H29NO2. The van der Waals surface area contributed by atoms with E-state index in [0.29, 0.717) is 22.8 Å². The van der Waals surface area contributed by atoms with E-state index in [1.54, 1.807) is 0 Å². The van der Waals surface area contributed by atoms with Gasteiger partial charge in [0.25, 0.3) is 0 Å². The minimum atomic E-state index is -0.667. The Bertz CT molecular complexity index is 388. The summed E-state index contributed by atoms with van der Waals surface area (Å²) in [6.45, 7) is 5.99. The van der Waals surface area contributed by atoms with Crippen LogP contribution in [0.4, 0.5) is 0 Å². The first kappa shape index (κ1) is 14.4. The fourth-order valence-electron chi connectivity index (χ4n) is 6.40. The lowest BCUT2D eigenvalue weighted by atomic mass is 9.43. The minimum absolute atomic E-state index is 0.312. The monoisotopic (exact) mass is 279 g/mol. The number of carboxylic acid groups (broad SMARTS) is 1. The molecule has 4 aliphatic rings. The molecule has 2 N–H and O–H groups in total. The number of aliphatic carboxylic acids is 1. The lowest BCUT2D eigenvalue weighted by Gasteiger charge is -2.65. The highest BCUT2D eigenvalue weighted by Crippen LogP contribution is 2.66. The standard InChI is InChI=1S/C17H29NO2/c1-15-7-13-8-16(2,10-15)12-17(9-13,11-15)18-6-4-3-5-14(19)20/h13,18H,3-12H2,1-2H3,(H,19,20). The summed E-state index contributed by atoms with van der Waals surface area (Å²) in [6, 6.07) is 0. The summed E-state index contributed by atoms with van der Waals surface area (Å²) in [6.07, 6.45) is 10.4. The Morgan fingerprint density at radius 3 is 2.30 bits per heavy atom. The van der Waals surface area contributed by atoms with Gasteiger partial charge in [-0.2, -0.15) is 0 Å². The number of hydrogen-bond donors (Lipinski definition) is 2. The van der Waals surface area contributed by atoms with Crippen LogP contribution < -0.4 is 5.32 Å². The molecule has 3 heteroatoms. The Morgan fingerprint density at radius 2 is 1.75 bits per heavy atom. The van der Waals surface area contributed by atoms with E-state index < -0.39 is 5.97 Å².